The van der Waals surface area contributed by atoms with Gasteiger partial charge in [-0.15, -0.1) is 11.3 Å². The van der Waals surface area contributed by atoms with Gasteiger partial charge in [0.15, 0.2) is 0 Å². The summed E-state index contributed by atoms with van der Waals surface area (Å²) >= 11 is 1.96. The lowest BCUT2D eigenvalue weighted by Crippen LogP contribution is -2.43. The average molecular weight is 251 g/mol. The van der Waals surface area contributed by atoms with Crippen molar-refractivity contribution in [2.24, 2.45) is 0 Å². The summed E-state index contributed by atoms with van der Waals surface area (Å²) in [4.78, 5) is 8.75. The molecule has 0 radical (unpaired) electrons. The van der Waals surface area contributed by atoms with Gasteiger partial charge in [-0.05, 0) is 26.8 Å². The number of nitrogens with zero attached hydrogens (tertiary/aromatic N) is 2. The maximum Gasteiger partial charge on any atom is 0.0962 e. The van der Waals surface area contributed by atoms with E-state index in [0.717, 1.165) is 25.6 Å². The Kier molecular flexibility index (Phi) is 3.19. The molecule has 0 spiro atoms. The van der Waals surface area contributed by atoms with Crippen molar-refractivity contribution in [3.05, 3.63) is 15.6 Å². The van der Waals surface area contributed by atoms with Gasteiger partial charge >= 0.3 is 0 Å². The number of hydrogen-bond acceptors (Lipinski definition) is 4. The zero-order chi connectivity index (χ0) is 11.8. The van der Waals surface area contributed by atoms with Crippen molar-refractivity contribution in [3.8, 4) is 0 Å². The van der Waals surface area contributed by atoms with Gasteiger partial charge in [0.2, 0.25) is 0 Å². The van der Waals surface area contributed by atoms with E-state index in [4.69, 9.17) is 4.98 Å². The van der Waals surface area contributed by atoms with Crippen LogP contribution in [0.25, 0.3) is 0 Å². The van der Waals surface area contributed by atoms with Crippen LogP contribution in [0, 0.1) is 6.92 Å². The third-order valence-electron chi connectivity index (χ3n) is 4.12. The largest absolute Gasteiger partial charge is 0.314 e. The molecule has 1 N–H and O–H groups in total. The molecule has 1 aliphatic heterocycles. The summed E-state index contributed by atoms with van der Waals surface area (Å²) in [6.45, 7) is 5.50. The van der Waals surface area contributed by atoms with Crippen molar-refractivity contribution in [2.75, 3.05) is 26.7 Å². The summed E-state index contributed by atoms with van der Waals surface area (Å²) in [7, 11) is 2.23. The number of hydrogen-bond donors (Lipinski definition) is 1. The summed E-state index contributed by atoms with van der Waals surface area (Å²) in [6, 6.07) is 0.537. The minimum Gasteiger partial charge on any atom is -0.314 e. The summed E-state index contributed by atoms with van der Waals surface area (Å²) in [5.74, 6) is 0.773. The Labute approximate surface area is 107 Å². The van der Waals surface area contributed by atoms with Crippen LogP contribution in [-0.4, -0.2) is 36.6 Å². The zero-order valence-electron chi connectivity index (χ0n) is 10.7. The van der Waals surface area contributed by atoms with E-state index in [1.54, 1.807) is 0 Å². The van der Waals surface area contributed by atoms with E-state index in [-0.39, 0.29) is 0 Å². The molecule has 2 fully saturated rings. The molecule has 1 atom stereocenters. The molecule has 94 valence electrons. The molecule has 2 aliphatic rings. The van der Waals surface area contributed by atoms with Gasteiger partial charge < -0.3 is 5.32 Å². The second-order valence-corrected chi connectivity index (χ2v) is 6.39. The van der Waals surface area contributed by atoms with Crippen molar-refractivity contribution in [3.63, 3.8) is 0 Å². The predicted octanol–water partition coefficient (Wildman–Crippen LogP) is 2.30. The highest BCUT2D eigenvalue weighted by Crippen LogP contribution is 2.41. The fourth-order valence-corrected chi connectivity index (χ4v) is 4.07. The van der Waals surface area contributed by atoms with Gasteiger partial charge in [-0.2, -0.15) is 0 Å². The standard InChI is InChI=1S/C13H21N3S/c1-9-12(11-8-14-6-7-16(11)2)17-13(15-9)10-4-3-5-10/h10-11,14H,3-8H2,1-2H3. The molecule has 0 bridgehead atoms. The van der Waals surface area contributed by atoms with Crippen LogP contribution in [0.3, 0.4) is 0 Å². The van der Waals surface area contributed by atoms with Gasteiger partial charge in [0.05, 0.1) is 16.7 Å². The topological polar surface area (TPSA) is 28.2 Å². The summed E-state index contributed by atoms with van der Waals surface area (Å²) in [6.07, 6.45) is 4.10. The lowest BCUT2D eigenvalue weighted by Gasteiger charge is -2.32. The monoisotopic (exact) mass is 251 g/mol. The highest BCUT2D eigenvalue weighted by atomic mass is 32.1. The normalized spacial score (nSPS) is 27.1. The van der Waals surface area contributed by atoms with Gasteiger partial charge in [-0.1, -0.05) is 6.42 Å². The van der Waals surface area contributed by atoms with Crippen molar-refractivity contribution >= 4 is 11.3 Å². The van der Waals surface area contributed by atoms with Crippen LogP contribution in [0.2, 0.25) is 0 Å². The third kappa shape index (κ3) is 2.14. The molecule has 4 heteroatoms. The Morgan fingerprint density at radius 3 is 2.88 bits per heavy atom. The molecule has 1 saturated heterocycles. The molecule has 17 heavy (non-hydrogen) atoms. The molecular formula is C13H21N3S. The molecule has 3 rings (SSSR count). The van der Waals surface area contributed by atoms with Crippen LogP contribution in [0.15, 0.2) is 0 Å². The minimum absolute atomic E-state index is 0.537. The van der Waals surface area contributed by atoms with Crippen LogP contribution in [-0.2, 0) is 0 Å². The van der Waals surface area contributed by atoms with Crippen molar-refractivity contribution in [2.45, 2.75) is 38.1 Å². The van der Waals surface area contributed by atoms with E-state index < -0.39 is 0 Å². The summed E-state index contributed by atoms with van der Waals surface area (Å²) in [5, 5.41) is 4.89. The predicted molar refractivity (Wildman–Crippen MR) is 71.7 cm³/mol. The fraction of sp³-hybridized carbons (Fsp3) is 0.769. The maximum atomic E-state index is 4.81. The van der Waals surface area contributed by atoms with Gasteiger partial charge in [0.25, 0.3) is 0 Å². The number of aryl methyl sites for hydroxylation is 1. The summed E-state index contributed by atoms with van der Waals surface area (Å²) < 4.78 is 0. The average Bonchev–Trinajstić information content (AvgIpc) is 2.58. The summed E-state index contributed by atoms with van der Waals surface area (Å²) in [5.41, 5.74) is 1.26. The molecule has 3 nitrogen and oxygen atoms in total. The number of aromatic nitrogens is 1. The molecule has 2 heterocycles. The Morgan fingerprint density at radius 1 is 1.41 bits per heavy atom. The molecule has 1 aliphatic carbocycles. The van der Waals surface area contributed by atoms with E-state index in [1.807, 2.05) is 11.3 Å². The Morgan fingerprint density at radius 2 is 2.24 bits per heavy atom. The number of piperazine rings is 1. The minimum atomic E-state index is 0.537. The molecular weight excluding hydrogens is 230 g/mol. The first kappa shape index (κ1) is 11.6. The first-order chi connectivity index (χ1) is 8.25. The first-order valence-electron chi connectivity index (χ1n) is 6.64. The van der Waals surface area contributed by atoms with Crippen LogP contribution in [0.5, 0.6) is 0 Å². The van der Waals surface area contributed by atoms with Crippen molar-refractivity contribution in [1.29, 1.82) is 0 Å². The SMILES string of the molecule is Cc1nc(C2CCC2)sc1C1CNCCN1C. The molecule has 0 amide bonds. The smallest absolute Gasteiger partial charge is 0.0962 e. The zero-order valence-corrected chi connectivity index (χ0v) is 11.5. The van der Waals surface area contributed by atoms with Crippen molar-refractivity contribution < 1.29 is 0 Å². The number of likely N-dealkylation sites (N-methyl/N-ethyl adjacent to an activating group) is 1. The van der Waals surface area contributed by atoms with Crippen LogP contribution < -0.4 is 5.32 Å². The van der Waals surface area contributed by atoms with E-state index in [2.05, 4.69) is 24.2 Å². The Hall–Kier alpha value is -0.450. The van der Waals surface area contributed by atoms with Gasteiger partial charge in [0.1, 0.15) is 0 Å². The maximum absolute atomic E-state index is 4.81. The van der Waals surface area contributed by atoms with Crippen LogP contribution in [0.4, 0.5) is 0 Å². The quantitative estimate of drug-likeness (QED) is 0.874. The van der Waals surface area contributed by atoms with Crippen LogP contribution >= 0.6 is 11.3 Å². The molecule has 1 saturated carbocycles. The van der Waals surface area contributed by atoms with E-state index in [1.165, 1.54) is 34.8 Å². The fourth-order valence-electron chi connectivity index (χ4n) is 2.67. The Balaban J connectivity index is 1.83. The van der Waals surface area contributed by atoms with Crippen molar-refractivity contribution in [1.82, 2.24) is 15.2 Å². The Bertz CT molecular complexity index is 397. The lowest BCUT2D eigenvalue weighted by atomic mass is 9.86. The lowest BCUT2D eigenvalue weighted by molar-refractivity contribution is 0.204. The van der Waals surface area contributed by atoms with Crippen LogP contribution in [0.1, 0.15) is 46.8 Å². The number of thiazole rings is 1. The molecule has 0 aromatic carbocycles. The first-order valence-corrected chi connectivity index (χ1v) is 7.45. The number of nitrogens with one attached hydrogen (secondary N) is 1. The molecule has 1 aromatic rings. The highest BCUT2D eigenvalue weighted by Gasteiger charge is 2.28. The number of rotatable bonds is 2. The highest BCUT2D eigenvalue weighted by molar-refractivity contribution is 7.12. The van der Waals surface area contributed by atoms with Gasteiger partial charge in [-0.3, -0.25) is 4.90 Å². The third-order valence-corrected chi connectivity index (χ3v) is 5.54. The second kappa shape index (κ2) is 4.67. The van der Waals surface area contributed by atoms with E-state index >= 15 is 0 Å². The second-order valence-electron chi connectivity index (χ2n) is 5.33. The van der Waals surface area contributed by atoms with Gasteiger partial charge in [-0.25, -0.2) is 4.98 Å². The van der Waals surface area contributed by atoms with E-state index in [0.29, 0.717) is 6.04 Å². The molecule has 1 unspecified atom stereocenters. The van der Waals surface area contributed by atoms with Gasteiger partial charge in [0, 0.05) is 30.4 Å². The van der Waals surface area contributed by atoms with E-state index in [9.17, 15) is 0 Å². The molecule has 1 aromatic heterocycles.